The monoisotopic (exact) mass is 432 g/mol. The highest BCUT2D eigenvalue weighted by molar-refractivity contribution is 5.73. The normalized spacial score (nSPS) is 38.3. The molecule has 0 saturated heterocycles. The van der Waals surface area contributed by atoms with Gasteiger partial charge in [0.15, 0.2) is 0 Å². The number of hydrogen-bond acceptors (Lipinski definition) is 2. The lowest BCUT2D eigenvalue weighted by molar-refractivity contribution is -0.143. The Morgan fingerprint density at radius 2 is 1.74 bits per heavy atom. The van der Waals surface area contributed by atoms with Crippen LogP contribution in [0.3, 0.4) is 0 Å². The summed E-state index contributed by atoms with van der Waals surface area (Å²) in [5, 5.41) is 19.1. The van der Waals surface area contributed by atoms with E-state index in [1.807, 2.05) is 6.92 Å². The summed E-state index contributed by atoms with van der Waals surface area (Å²) in [5.41, 5.74) is 0.666. The molecule has 0 aromatic rings. The molecule has 0 bridgehead atoms. The molecule has 2 fully saturated rings. The molecule has 0 aromatic carbocycles. The summed E-state index contributed by atoms with van der Waals surface area (Å²) in [7, 11) is 0. The molecule has 0 spiro atoms. The minimum absolute atomic E-state index is 0.0234. The molecule has 3 aliphatic rings. The van der Waals surface area contributed by atoms with Crippen molar-refractivity contribution >= 4 is 11.9 Å². The topological polar surface area (TPSA) is 74.6 Å². The van der Waals surface area contributed by atoms with Gasteiger partial charge in [-0.3, -0.25) is 9.59 Å². The number of carbonyl (C=O) groups is 2. The highest BCUT2D eigenvalue weighted by Gasteiger charge is 2.59. The van der Waals surface area contributed by atoms with Crippen LogP contribution in [0.25, 0.3) is 0 Å². The minimum atomic E-state index is -0.849. The van der Waals surface area contributed by atoms with Crippen molar-refractivity contribution in [3.05, 3.63) is 11.6 Å². The van der Waals surface area contributed by atoms with Gasteiger partial charge in [-0.2, -0.15) is 0 Å². The number of carboxylic acids is 2. The molecule has 4 nitrogen and oxygen atoms in total. The molecule has 3 aliphatic carbocycles. The SMILES string of the molecule is CC(C)CCCC(C)C1CCC2C3CC=C(CC(=O)O)C(C)(CC(=O)O)C3CCC12C. The van der Waals surface area contributed by atoms with Gasteiger partial charge in [-0.1, -0.05) is 65.5 Å². The molecule has 7 unspecified atom stereocenters. The van der Waals surface area contributed by atoms with E-state index in [1.54, 1.807) is 0 Å². The van der Waals surface area contributed by atoms with Crippen LogP contribution >= 0.6 is 0 Å². The standard InChI is InChI=1S/C27H44O4/c1-17(2)7-6-8-18(3)21-11-12-22-20-10-9-19(15-24(28)29)27(5,16-25(30)31)23(20)13-14-26(21,22)4/h9,17-18,20-23H,6-8,10-16H2,1-5H3,(H,28,29)(H,30,31). The minimum Gasteiger partial charge on any atom is -0.481 e. The maximum atomic E-state index is 11.8. The Morgan fingerprint density at radius 1 is 1.03 bits per heavy atom. The van der Waals surface area contributed by atoms with Gasteiger partial charge in [-0.25, -0.2) is 0 Å². The molecular formula is C27H44O4. The van der Waals surface area contributed by atoms with Crippen molar-refractivity contribution in [2.45, 2.75) is 98.8 Å². The third-order valence-corrected chi connectivity index (χ3v) is 9.69. The van der Waals surface area contributed by atoms with Crippen molar-refractivity contribution in [2.24, 2.45) is 46.3 Å². The number of carboxylic acid groups (broad SMARTS) is 2. The smallest absolute Gasteiger partial charge is 0.307 e. The van der Waals surface area contributed by atoms with Crippen molar-refractivity contribution in [3.8, 4) is 0 Å². The van der Waals surface area contributed by atoms with Crippen LogP contribution < -0.4 is 0 Å². The van der Waals surface area contributed by atoms with E-state index in [-0.39, 0.29) is 18.8 Å². The first-order valence-corrected chi connectivity index (χ1v) is 12.6. The van der Waals surface area contributed by atoms with Crippen LogP contribution in [0.5, 0.6) is 0 Å². The van der Waals surface area contributed by atoms with Crippen molar-refractivity contribution < 1.29 is 19.8 Å². The summed E-state index contributed by atoms with van der Waals surface area (Å²) in [6.45, 7) is 11.6. The van der Waals surface area contributed by atoms with Crippen molar-refractivity contribution in [1.29, 1.82) is 0 Å². The van der Waals surface area contributed by atoms with E-state index < -0.39 is 17.4 Å². The third kappa shape index (κ3) is 4.73. The molecular weight excluding hydrogens is 388 g/mol. The Hall–Kier alpha value is -1.32. The molecule has 0 aliphatic heterocycles. The summed E-state index contributed by atoms with van der Waals surface area (Å²) in [5.74, 6) is 2.05. The van der Waals surface area contributed by atoms with Crippen LogP contribution in [0.1, 0.15) is 98.8 Å². The van der Waals surface area contributed by atoms with Crippen LogP contribution in [0.15, 0.2) is 11.6 Å². The lowest BCUT2D eigenvalue weighted by Gasteiger charge is -2.56. The fourth-order valence-corrected chi connectivity index (χ4v) is 8.18. The number of allylic oxidation sites excluding steroid dienone is 1. The summed E-state index contributed by atoms with van der Waals surface area (Å²) in [4.78, 5) is 23.3. The van der Waals surface area contributed by atoms with E-state index >= 15 is 0 Å². The van der Waals surface area contributed by atoms with Crippen LogP contribution in [0.4, 0.5) is 0 Å². The van der Waals surface area contributed by atoms with E-state index in [1.165, 1.54) is 32.1 Å². The molecule has 4 heteroatoms. The molecule has 3 rings (SSSR count). The summed E-state index contributed by atoms with van der Waals surface area (Å²) < 4.78 is 0. The fourth-order valence-electron chi connectivity index (χ4n) is 8.18. The second kappa shape index (κ2) is 9.27. The lowest BCUT2D eigenvalue weighted by Crippen LogP contribution is -2.50. The Morgan fingerprint density at radius 3 is 2.35 bits per heavy atom. The maximum Gasteiger partial charge on any atom is 0.307 e. The van der Waals surface area contributed by atoms with Gasteiger partial charge in [0.1, 0.15) is 0 Å². The van der Waals surface area contributed by atoms with Crippen molar-refractivity contribution in [3.63, 3.8) is 0 Å². The van der Waals surface area contributed by atoms with Crippen LogP contribution in [0.2, 0.25) is 0 Å². The Balaban J connectivity index is 1.81. The Bertz CT molecular complexity index is 710. The molecule has 2 saturated carbocycles. The molecule has 0 amide bonds. The zero-order chi connectivity index (χ0) is 23.0. The highest BCUT2D eigenvalue weighted by atomic mass is 16.4. The largest absolute Gasteiger partial charge is 0.481 e. The molecule has 7 atom stereocenters. The number of rotatable bonds is 9. The first-order chi connectivity index (χ1) is 14.5. The summed E-state index contributed by atoms with van der Waals surface area (Å²) in [6.07, 6.45) is 11.8. The summed E-state index contributed by atoms with van der Waals surface area (Å²) in [6, 6.07) is 0. The fraction of sp³-hybridized carbons (Fsp3) is 0.852. The van der Waals surface area contributed by atoms with Gasteiger partial charge in [0, 0.05) is 5.41 Å². The van der Waals surface area contributed by atoms with E-state index in [0.29, 0.717) is 17.3 Å². The van der Waals surface area contributed by atoms with Crippen molar-refractivity contribution in [2.75, 3.05) is 0 Å². The maximum absolute atomic E-state index is 11.8. The van der Waals surface area contributed by atoms with Gasteiger partial charge in [-0.15, -0.1) is 0 Å². The lowest BCUT2D eigenvalue weighted by atomic mass is 9.48. The van der Waals surface area contributed by atoms with Gasteiger partial charge in [-0.05, 0) is 73.0 Å². The number of hydrogen-bond donors (Lipinski definition) is 2. The first kappa shape index (κ1) is 24.3. The summed E-state index contributed by atoms with van der Waals surface area (Å²) >= 11 is 0. The average Bonchev–Trinajstić information content (AvgIpc) is 3.00. The number of fused-ring (bicyclic) bond motifs is 3. The molecule has 2 N–H and O–H groups in total. The Kier molecular flexibility index (Phi) is 7.28. The second-order valence-corrected chi connectivity index (χ2v) is 11.9. The van der Waals surface area contributed by atoms with Crippen molar-refractivity contribution in [1.82, 2.24) is 0 Å². The van der Waals surface area contributed by atoms with E-state index in [9.17, 15) is 19.8 Å². The second-order valence-electron chi connectivity index (χ2n) is 11.9. The number of aliphatic carboxylic acids is 2. The molecule has 0 radical (unpaired) electrons. The molecule has 176 valence electrons. The molecule has 0 aromatic heterocycles. The van der Waals surface area contributed by atoms with Gasteiger partial charge >= 0.3 is 11.9 Å². The molecule has 0 heterocycles. The van der Waals surface area contributed by atoms with Gasteiger partial charge in [0.2, 0.25) is 0 Å². The van der Waals surface area contributed by atoms with E-state index in [0.717, 1.165) is 42.6 Å². The first-order valence-electron chi connectivity index (χ1n) is 12.6. The van der Waals surface area contributed by atoms with E-state index in [4.69, 9.17) is 0 Å². The van der Waals surface area contributed by atoms with Gasteiger partial charge < -0.3 is 10.2 Å². The van der Waals surface area contributed by atoms with Crippen LogP contribution in [-0.4, -0.2) is 22.2 Å². The zero-order valence-corrected chi connectivity index (χ0v) is 20.3. The van der Waals surface area contributed by atoms with Gasteiger partial charge in [0.25, 0.3) is 0 Å². The predicted molar refractivity (Wildman–Crippen MR) is 124 cm³/mol. The molecule has 31 heavy (non-hydrogen) atoms. The van der Waals surface area contributed by atoms with E-state index in [2.05, 4.69) is 33.8 Å². The average molecular weight is 433 g/mol. The quantitative estimate of drug-likeness (QED) is 0.393. The van der Waals surface area contributed by atoms with Gasteiger partial charge in [0.05, 0.1) is 12.8 Å². The zero-order valence-electron chi connectivity index (χ0n) is 20.3. The van der Waals surface area contributed by atoms with Crippen LogP contribution in [-0.2, 0) is 9.59 Å². The Labute approximate surface area is 188 Å². The highest BCUT2D eigenvalue weighted by Crippen LogP contribution is 2.66. The van der Waals surface area contributed by atoms with Crippen LogP contribution in [0, 0.1) is 46.3 Å². The predicted octanol–water partition coefficient (Wildman–Crippen LogP) is 6.79. The third-order valence-electron chi connectivity index (χ3n) is 9.69.